The predicted molar refractivity (Wildman–Crippen MR) is 92.7 cm³/mol. The topological polar surface area (TPSA) is 41.6 Å². The Labute approximate surface area is 134 Å². The molecule has 0 aliphatic heterocycles. The molecule has 0 bridgehead atoms. The zero-order valence-corrected chi connectivity index (χ0v) is 14.8. The van der Waals surface area contributed by atoms with E-state index >= 15 is 0 Å². The van der Waals surface area contributed by atoms with Crippen LogP contribution in [0.1, 0.15) is 44.2 Å². The molecule has 0 saturated carbocycles. The van der Waals surface area contributed by atoms with Gasteiger partial charge in [0, 0.05) is 5.69 Å². The zero-order chi connectivity index (χ0) is 16.7. The van der Waals surface area contributed by atoms with Crippen molar-refractivity contribution in [2.45, 2.75) is 53.0 Å². The van der Waals surface area contributed by atoms with Crippen LogP contribution in [0, 0.1) is 13.8 Å². The minimum Gasteiger partial charge on any atom is -0.497 e. The van der Waals surface area contributed by atoms with E-state index in [1.165, 1.54) is 0 Å². The molecule has 0 aromatic heterocycles. The van der Waals surface area contributed by atoms with Crippen molar-refractivity contribution in [2.24, 2.45) is 0 Å². The number of methoxy groups -OCH3 is 1. The lowest BCUT2D eigenvalue weighted by atomic mass is 10.1. The van der Waals surface area contributed by atoms with E-state index in [4.69, 9.17) is 4.74 Å². The monoisotopic (exact) mass is 306 g/mol. The van der Waals surface area contributed by atoms with E-state index in [0.29, 0.717) is 0 Å². The quantitative estimate of drug-likeness (QED) is 0.795. The molecular formula is C18H30N2O2. The minimum absolute atomic E-state index is 0.0779. The van der Waals surface area contributed by atoms with Crippen molar-refractivity contribution in [3.8, 4) is 5.75 Å². The van der Waals surface area contributed by atoms with Crippen LogP contribution >= 0.6 is 0 Å². The number of rotatable bonds is 8. The molecule has 0 heterocycles. The summed E-state index contributed by atoms with van der Waals surface area (Å²) in [6.45, 7) is 9.17. The van der Waals surface area contributed by atoms with Gasteiger partial charge in [0.15, 0.2) is 0 Å². The molecule has 1 unspecified atom stereocenters. The lowest BCUT2D eigenvalue weighted by molar-refractivity contribution is -0.121. The zero-order valence-electron chi connectivity index (χ0n) is 14.8. The predicted octanol–water partition coefficient (Wildman–Crippen LogP) is 3.76. The van der Waals surface area contributed by atoms with Gasteiger partial charge in [-0.05, 0) is 63.5 Å². The van der Waals surface area contributed by atoms with E-state index < -0.39 is 0 Å². The van der Waals surface area contributed by atoms with Gasteiger partial charge in [-0.2, -0.15) is 0 Å². The summed E-state index contributed by atoms with van der Waals surface area (Å²) >= 11 is 0. The number of nitrogens with zero attached hydrogens (tertiary/aromatic N) is 1. The number of hydrogen-bond donors (Lipinski definition) is 1. The first-order valence-electron chi connectivity index (χ1n) is 8.10. The van der Waals surface area contributed by atoms with Crippen molar-refractivity contribution in [1.29, 1.82) is 0 Å². The van der Waals surface area contributed by atoms with E-state index in [-0.39, 0.29) is 11.9 Å². The summed E-state index contributed by atoms with van der Waals surface area (Å²) in [6.07, 6.45) is 2.91. The van der Waals surface area contributed by atoms with Crippen LogP contribution in [0.5, 0.6) is 5.75 Å². The van der Waals surface area contributed by atoms with Gasteiger partial charge in [-0.3, -0.25) is 9.69 Å². The van der Waals surface area contributed by atoms with Gasteiger partial charge in [-0.25, -0.2) is 0 Å². The van der Waals surface area contributed by atoms with Crippen LogP contribution in [0.4, 0.5) is 5.69 Å². The maximum Gasteiger partial charge on any atom is 0.241 e. The first-order chi connectivity index (χ1) is 10.4. The van der Waals surface area contributed by atoms with Gasteiger partial charge in [0.05, 0.1) is 13.2 Å². The maximum absolute atomic E-state index is 12.7. The van der Waals surface area contributed by atoms with Crippen molar-refractivity contribution >= 4 is 11.6 Å². The number of likely N-dealkylation sites (N-methyl/N-ethyl adjacent to an activating group) is 1. The normalized spacial score (nSPS) is 12.3. The van der Waals surface area contributed by atoms with Crippen molar-refractivity contribution in [2.75, 3.05) is 26.0 Å². The highest BCUT2D eigenvalue weighted by atomic mass is 16.5. The highest BCUT2D eigenvalue weighted by molar-refractivity contribution is 5.96. The van der Waals surface area contributed by atoms with Crippen molar-refractivity contribution in [3.05, 3.63) is 23.3 Å². The van der Waals surface area contributed by atoms with E-state index in [1.54, 1.807) is 7.11 Å². The second-order valence-corrected chi connectivity index (χ2v) is 5.91. The molecule has 4 nitrogen and oxygen atoms in total. The largest absolute Gasteiger partial charge is 0.497 e. The average molecular weight is 306 g/mol. The number of carbonyl (C=O) groups is 1. The fraction of sp³-hybridized carbons (Fsp3) is 0.611. The Morgan fingerprint density at radius 1 is 1.23 bits per heavy atom. The van der Waals surface area contributed by atoms with Gasteiger partial charge in [-0.15, -0.1) is 0 Å². The molecule has 1 N–H and O–H groups in total. The maximum atomic E-state index is 12.7. The summed E-state index contributed by atoms with van der Waals surface area (Å²) in [4.78, 5) is 14.8. The molecular weight excluding hydrogens is 276 g/mol. The minimum atomic E-state index is -0.0779. The Morgan fingerprint density at radius 3 is 2.27 bits per heavy atom. The van der Waals surface area contributed by atoms with Crippen LogP contribution in [-0.2, 0) is 4.79 Å². The number of aryl methyl sites for hydroxylation is 2. The molecule has 1 aromatic rings. The number of nitrogens with one attached hydrogen (secondary N) is 1. The van der Waals surface area contributed by atoms with Crippen LogP contribution in [0.25, 0.3) is 0 Å². The highest BCUT2D eigenvalue weighted by Gasteiger charge is 2.22. The number of benzene rings is 1. The molecule has 1 rings (SSSR count). The average Bonchev–Trinajstić information content (AvgIpc) is 2.48. The second kappa shape index (κ2) is 8.79. The molecule has 1 amide bonds. The molecule has 0 aliphatic carbocycles. The van der Waals surface area contributed by atoms with E-state index in [1.807, 2.05) is 33.0 Å². The van der Waals surface area contributed by atoms with Crippen LogP contribution in [0.2, 0.25) is 0 Å². The Hall–Kier alpha value is -1.55. The van der Waals surface area contributed by atoms with Crippen LogP contribution in [-0.4, -0.2) is 37.6 Å². The smallest absolute Gasteiger partial charge is 0.241 e. The molecule has 22 heavy (non-hydrogen) atoms. The molecule has 0 fully saturated rings. The third-order valence-electron chi connectivity index (χ3n) is 3.96. The number of anilines is 1. The van der Waals surface area contributed by atoms with Gasteiger partial charge >= 0.3 is 0 Å². The van der Waals surface area contributed by atoms with Crippen molar-refractivity contribution < 1.29 is 9.53 Å². The lowest BCUT2D eigenvalue weighted by Crippen LogP contribution is -2.42. The number of ether oxygens (including phenoxy) is 1. The third-order valence-corrected chi connectivity index (χ3v) is 3.96. The molecule has 1 aromatic carbocycles. The molecule has 1 atom stereocenters. The standard InChI is InChI=1S/C18H30N2O2/c1-7-9-16(20(5)10-8-2)18(21)19-17-13(3)11-15(22-6)12-14(17)4/h11-12,16H,7-10H2,1-6H3,(H,19,21). The summed E-state index contributed by atoms with van der Waals surface area (Å²) < 4.78 is 5.27. The van der Waals surface area contributed by atoms with Crippen LogP contribution in [0.15, 0.2) is 12.1 Å². The SMILES string of the molecule is CCCC(C(=O)Nc1c(C)cc(OC)cc1C)N(C)CCC. The molecule has 0 spiro atoms. The van der Waals surface area contributed by atoms with Gasteiger partial charge < -0.3 is 10.1 Å². The third kappa shape index (κ3) is 4.73. The van der Waals surface area contributed by atoms with Crippen LogP contribution < -0.4 is 10.1 Å². The molecule has 0 aliphatic rings. The number of amides is 1. The number of hydrogen-bond acceptors (Lipinski definition) is 3. The Bertz CT molecular complexity index is 477. The van der Waals surface area contributed by atoms with Crippen LogP contribution in [0.3, 0.4) is 0 Å². The first-order valence-corrected chi connectivity index (χ1v) is 8.10. The highest BCUT2D eigenvalue weighted by Crippen LogP contribution is 2.26. The van der Waals surface area contributed by atoms with Crippen molar-refractivity contribution in [1.82, 2.24) is 4.90 Å². The second-order valence-electron chi connectivity index (χ2n) is 5.91. The first kappa shape index (κ1) is 18.5. The Balaban J connectivity index is 2.94. The summed E-state index contributed by atoms with van der Waals surface area (Å²) in [5.41, 5.74) is 2.95. The summed E-state index contributed by atoms with van der Waals surface area (Å²) in [7, 11) is 3.68. The number of carbonyl (C=O) groups excluding carboxylic acids is 1. The van der Waals surface area contributed by atoms with E-state index in [0.717, 1.165) is 48.4 Å². The molecule has 0 saturated heterocycles. The van der Waals surface area contributed by atoms with Gasteiger partial charge in [0.1, 0.15) is 5.75 Å². The molecule has 0 radical (unpaired) electrons. The fourth-order valence-corrected chi connectivity index (χ4v) is 2.78. The Morgan fingerprint density at radius 2 is 1.82 bits per heavy atom. The van der Waals surface area contributed by atoms with Gasteiger partial charge in [-0.1, -0.05) is 20.3 Å². The molecule has 4 heteroatoms. The van der Waals surface area contributed by atoms with Crippen molar-refractivity contribution in [3.63, 3.8) is 0 Å². The van der Waals surface area contributed by atoms with Gasteiger partial charge in [0.25, 0.3) is 0 Å². The van der Waals surface area contributed by atoms with E-state index in [2.05, 4.69) is 24.1 Å². The molecule has 124 valence electrons. The Kier molecular flexibility index (Phi) is 7.39. The van der Waals surface area contributed by atoms with E-state index in [9.17, 15) is 4.79 Å². The lowest BCUT2D eigenvalue weighted by Gasteiger charge is -2.27. The van der Waals surface area contributed by atoms with Gasteiger partial charge in [0.2, 0.25) is 5.91 Å². The summed E-state index contributed by atoms with van der Waals surface area (Å²) in [5.74, 6) is 0.898. The fourth-order valence-electron chi connectivity index (χ4n) is 2.78. The summed E-state index contributed by atoms with van der Waals surface area (Å²) in [6, 6.07) is 3.83. The summed E-state index contributed by atoms with van der Waals surface area (Å²) in [5, 5.41) is 3.12.